The van der Waals surface area contributed by atoms with Crippen molar-refractivity contribution in [3.05, 3.63) is 24.3 Å². The number of benzene rings is 1. The number of fused-ring (bicyclic) bond motifs is 1. The number of aromatic nitrogens is 1. The Morgan fingerprint density at radius 3 is 2.85 bits per heavy atom. The van der Waals surface area contributed by atoms with Crippen LogP contribution in [0.15, 0.2) is 33.9 Å². The molecule has 0 aliphatic heterocycles. The van der Waals surface area contributed by atoms with Gasteiger partial charge < -0.3 is 14.8 Å². The molecule has 20 heavy (non-hydrogen) atoms. The summed E-state index contributed by atoms with van der Waals surface area (Å²) in [5, 5.41) is 12.8. The number of thioether (sulfide) groups is 1. The minimum absolute atomic E-state index is 0.164. The number of aliphatic hydroxyl groups is 1. The monoisotopic (exact) mass is 294 g/mol. The number of oxazole rings is 1. The largest absolute Gasteiger partial charge is 0.431 e. The van der Waals surface area contributed by atoms with Gasteiger partial charge in [-0.05, 0) is 32.9 Å². The highest BCUT2D eigenvalue weighted by molar-refractivity contribution is 7.99. The van der Waals surface area contributed by atoms with E-state index in [-0.39, 0.29) is 11.7 Å². The lowest BCUT2D eigenvalue weighted by Crippen LogP contribution is -2.51. The summed E-state index contributed by atoms with van der Waals surface area (Å²) < 4.78 is 5.52. The van der Waals surface area contributed by atoms with Crippen molar-refractivity contribution in [1.29, 1.82) is 0 Å². The van der Waals surface area contributed by atoms with E-state index < -0.39 is 11.6 Å². The van der Waals surface area contributed by atoms with E-state index in [2.05, 4.69) is 10.3 Å². The van der Waals surface area contributed by atoms with Crippen molar-refractivity contribution in [3.8, 4) is 0 Å². The van der Waals surface area contributed by atoms with E-state index in [4.69, 9.17) is 4.42 Å². The van der Waals surface area contributed by atoms with Gasteiger partial charge in [0.05, 0.1) is 17.4 Å². The van der Waals surface area contributed by atoms with Gasteiger partial charge in [-0.1, -0.05) is 23.9 Å². The summed E-state index contributed by atoms with van der Waals surface area (Å²) in [6.45, 7) is 5.20. The van der Waals surface area contributed by atoms with Crippen LogP contribution in [-0.2, 0) is 4.79 Å². The predicted molar refractivity (Wildman–Crippen MR) is 78.6 cm³/mol. The molecule has 0 spiro atoms. The van der Waals surface area contributed by atoms with Gasteiger partial charge in [0, 0.05) is 0 Å². The molecule has 1 heterocycles. The Balaban J connectivity index is 1.93. The van der Waals surface area contributed by atoms with E-state index in [0.717, 1.165) is 5.52 Å². The van der Waals surface area contributed by atoms with Crippen LogP contribution >= 0.6 is 11.8 Å². The van der Waals surface area contributed by atoms with Crippen LogP contribution in [0.1, 0.15) is 20.8 Å². The zero-order valence-electron chi connectivity index (χ0n) is 11.7. The molecule has 0 aliphatic rings. The lowest BCUT2D eigenvalue weighted by molar-refractivity contribution is -0.121. The maximum atomic E-state index is 11.8. The number of nitrogens with one attached hydrogen (secondary N) is 1. The fraction of sp³-hybridized carbons (Fsp3) is 0.429. The number of nitrogens with zero attached hydrogens (tertiary/aromatic N) is 1. The normalized spacial score (nSPS) is 13.4. The number of para-hydroxylation sites is 2. The Kier molecular flexibility index (Phi) is 4.35. The van der Waals surface area contributed by atoms with Crippen molar-refractivity contribution in [2.24, 2.45) is 0 Å². The molecular formula is C14H18N2O3S. The number of rotatable bonds is 5. The maximum absolute atomic E-state index is 11.8. The molecule has 2 rings (SSSR count). The first-order valence-corrected chi connectivity index (χ1v) is 7.34. The van der Waals surface area contributed by atoms with Crippen LogP contribution < -0.4 is 5.32 Å². The lowest BCUT2D eigenvalue weighted by Gasteiger charge is -2.29. The molecule has 6 heteroatoms. The second kappa shape index (κ2) is 5.85. The Bertz CT molecular complexity index is 574. The van der Waals surface area contributed by atoms with Crippen LogP contribution in [0, 0.1) is 0 Å². The fourth-order valence-electron chi connectivity index (χ4n) is 1.54. The molecule has 5 nitrogen and oxygen atoms in total. The molecule has 2 N–H and O–H groups in total. The molecule has 0 saturated carbocycles. The van der Waals surface area contributed by atoms with Gasteiger partial charge in [0.15, 0.2) is 5.58 Å². The molecule has 1 atom stereocenters. The number of carbonyl (C=O) groups excluding carboxylic acids is 1. The molecule has 108 valence electrons. The van der Waals surface area contributed by atoms with Crippen molar-refractivity contribution in [2.45, 2.75) is 37.6 Å². The van der Waals surface area contributed by atoms with Crippen LogP contribution in [0.4, 0.5) is 0 Å². The molecule has 1 amide bonds. The van der Waals surface area contributed by atoms with E-state index in [1.165, 1.54) is 11.8 Å². The summed E-state index contributed by atoms with van der Waals surface area (Å²) in [5.74, 6) is 0.0336. The fourth-order valence-corrected chi connectivity index (χ4v) is 2.18. The van der Waals surface area contributed by atoms with Gasteiger partial charge in [-0.2, -0.15) is 0 Å². The summed E-state index contributed by atoms with van der Waals surface area (Å²) in [4.78, 5) is 16.1. The van der Waals surface area contributed by atoms with Crippen LogP contribution in [0.25, 0.3) is 11.1 Å². The first-order chi connectivity index (χ1) is 9.38. The van der Waals surface area contributed by atoms with Crippen molar-refractivity contribution in [1.82, 2.24) is 10.3 Å². The molecule has 1 aromatic heterocycles. The Morgan fingerprint density at radius 1 is 1.50 bits per heavy atom. The maximum Gasteiger partial charge on any atom is 0.257 e. The van der Waals surface area contributed by atoms with Crippen molar-refractivity contribution in [2.75, 3.05) is 5.75 Å². The summed E-state index contributed by atoms with van der Waals surface area (Å²) >= 11 is 1.24. The number of hydrogen-bond donors (Lipinski definition) is 2. The first-order valence-electron chi connectivity index (χ1n) is 6.36. The van der Waals surface area contributed by atoms with Crippen LogP contribution in [0.3, 0.4) is 0 Å². The zero-order chi connectivity index (χ0) is 14.8. The topological polar surface area (TPSA) is 75.4 Å². The quantitative estimate of drug-likeness (QED) is 0.827. The molecule has 0 radical (unpaired) electrons. The zero-order valence-corrected chi connectivity index (χ0v) is 12.5. The number of amides is 1. The number of aliphatic hydroxyl groups excluding tert-OH is 1. The van der Waals surface area contributed by atoms with Crippen molar-refractivity contribution < 1.29 is 14.3 Å². The Labute approximate surface area is 121 Å². The highest BCUT2D eigenvalue weighted by atomic mass is 32.2. The second-order valence-electron chi connectivity index (χ2n) is 5.18. The molecule has 0 fully saturated rings. The average molecular weight is 294 g/mol. The van der Waals surface area contributed by atoms with Gasteiger partial charge in [-0.25, -0.2) is 4.98 Å². The minimum atomic E-state index is -0.654. The van der Waals surface area contributed by atoms with E-state index in [9.17, 15) is 9.90 Å². The van der Waals surface area contributed by atoms with Crippen LogP contribution in [0.2, 0.25) is 0 Å². The summed E-state index contributed by atoms with van der Waals surface area (Å²) in [5.41, 5.74) is 0.832. The average Bonchev–Trinajstić information content (AvgIpc) is 2.78. The highest BCUT2D eigenvalue weighted by Crippen LogP contribution is 2.23. The Morgan fingerprint density at radius 2 is 2.20 bits per heavy atom. The Hall–Kier alpha value is -1.53. The predicted octanol–water partition coefficient (Wildman–Crippen LogP) is 2.20. The molecule has 1 aromatic carbocycles. The molecule has 0 aliphatic carbocycles. The van der Waals surface area contributed by atoms with Gasteiger partial charge >= 0.3 is 0 Å². The van der Waals surface area contributed by atoms with E-state index >= 15 is 0 Å². The SMILES string of the molecule is CC(O)C(C)(C)NC(=O)CSc1nc2ccccc2o1. The van der Waals surface area contributed by atoms with E-state index in [0.29, 0.717) is 10.8 Å². The highest BCUT2D eigenvalue weighted by Gasteiger charge is 2.26. The smallest absolute Gasteiger partial charge is 0.257 e. The van der Waals surface area contributed by atoms with Gasteiger partial charge in [-0.3, -0.25) is 4.79 Å². The summed E-state index contributed by atoms with van der Waals surface area (Å²) in [6, 6.07) is 7.46. The number of carbonyl (C=O) groups is 1. The minimum Gasteiger partial charge on any atom is -0.431 e. The van der Waals surface area contributed by atoms with Gasteiger partial charge in [0.25, 0.3) is 5.22 Å². The number of hydrogen-bond acceptors (Lipinski definition) is 5. The van der Waals surface area contributed by atoms with E-state index in [1.54, 1.807) is 20.8 Å². The molecule has 0 saturated heterocycles. The summed E-state index contributed by atoms with van der Waals surface area (Å²) in [6.07, 6.45) is -0.624. The molecule has 0 bridgehead atoms. The molecule has 2 aromatic rings. The van der Waals surface area contributed by atoms with Crippen molar-refractivity contribution in [3.63, 3.8) is 0 Å². The van der Waals surface area contributed by atoms with Crippen LogP contribution in [0.5, 0.6) is 0 Å². The molecule has 1 unspecified atom stereocenters. The third kappa shape index (κ3) is 3.52. The van der Waals surface area contributed by atoms with Crippen molar-refractivity contribution >= 4 is 28.8 Å². The second-order valence-corrected chi connectivity index (χ2v) is 6.11. The standard InChI is InChI=1S/C14H18N2O3S/c1-9(17)14(2,3)16-12(18)8-20-13-15-10-6-4-5-7-11(10)19-13/h4-7,9,17H,8H2,1-3H3,(H,16,18). The van der Waals surface area contributed by atoms with E-state index in [1.807, 2.05) is 24.3 Å². The third-order valence-corrected chi connectivity index (χ3v) is 3.94. The van der Waals surface area contributed by atoms with Gasteiger partial charge in [0.1, 0.15) is 5.52 Å². The van der Waals surface area contributed by atoms with Gasteiger partial charge in [0.2, 0.25) is 5.91 Å². The lowest BCUT2D eigenvalue weighted by atomic mass is 9.99. The summed E-state index contributed by atoms with van der Waals surface area (Å²) in [7, 11) is 0. The first kappa shape index (κ1) is 14.9. The van der Waals surface area contributed by atoms with Crippen LogP contribution in [-0.4, -0.2) is 33.4 Å². The molecular weight excluding hydrogens is 276 g/mol. The van der Waals surface area contributed by atoms with Gasteiger partial charge in [-0.15, -0.1) is 0 Å². The third-order valence-electron chi connectivity index (χ3n) is 3.11.